The molecule has 0 aliphatic heterocycles. The lowest BCUT2D eigenvalue weighted by Crippen LogP contribution is -2.28. The van der Waals surface area contributed by atoms with Gasteiger partial charge in [0, 0.05) is 11.8 Å². The van der Waals surface area contributed by atoms with Crippen molar-refractivity contribution in [2.75, 3.05) is 0 Å². The molecule has 1 aliphatic rings. The largest absolute Gasteiger partial charge is 0.367 e. The number of hydrogen-bond donors (Lipinski definition) is 3. The summed E-state index contributed by atoms with van der Waals surface area (Å²) in [5.74, 6) is -0.108. The van der Waals surface area contributed by atoms with E-state index in [9.17, 15) is 0 Å². The van der Waals surface area contributed by atoms with E-state index in [1.165, 1.54) is 0 Å². The van der Waals surface area contributed by atoms with Crippen LogP contribution in [0.2, 0.25) is 10.0 Å². The number of nitrogens with one attached hydrogen (secondary N) is 1. The molecule has 0 radical (unpaired) electrons. The lowest BCUT2D eigenvalue weighted by molar-refractivity contribution is 0.232. The highest BCUT2D eigenvalue weighted by molar-refractivity contribution is 6.42. The minimum atomic E-state index is -0.182. The first kappa shape index (κ1) is 17.7. The van der Waals surface area contributed by atoms with E-state index >= 15 is 0 Å². The van der Waals surface area contributed by atoms with Crippen LogP contribution in [-0.2, 0) is 6.42 Å². The van der Waals surface area contributed by atoms with Crippen LogP contribution in [-0.4, -0.2) is 21.9 Å². The molecule has 4 N–H and O–H groups in total. The van der Waals surface area contributed by atoms with Gasteiger partial charge in [-0.2, -0.15) is 5.10 Å². The standard InChI is InChI=1S/C17H17Cl2N5O/c1-9-5-6-21-13-7-10(11-3-2-4-12(18)16(11)19)8-14(15(9)13)22-23-17(20)24-25/h2-6,10,25H,7-8H2,1H3,(H3,20,23,24)/b22-14-. The molecule has 0 saturated heterocycles. The number of fused-ring (bicyclic) bond motifs is 1. The van der Waals surface area contributed by atoms with Crippen molar-refractivity contribution in [2.45, 2.75) is 25.7 Å². The van der Waals surface area contributed by atoms with Crippen LogP contribution in [0.3, 0.4) is 0 Å². The number of pyridine rings is 1. The highest BCUT2D eigenvalue weighted by Gasteiger charge is 2.29. The molecule has 6 nitrogen and oxygen atoms in total. The molecule has 1 aromatic heterocycles. The van der Waals surface area contributed by atoms with Crippen LogP contribution >= 0.6 is 23.2 Å². The van der Waals surface area contributed by atoms with Gasteiger partial charge in [-0.25, -0.2) is 5.48 Å². The zero-order valence-electron chi connectivity index (χ0n) is 13.5. The van der Waals surface area contributed by atoms with E-state index in [-0.39, 0.29) is 11.9 Å². The smallest absolute Gasteiger partial charge is 0.237 e. The molecule has 0 spiro atoms. The Morgan fingerprint density at radius 3 is 2.88 bits per heavy atom. The number of hydrogen-bond acceptors (Lipinski definition) is 4. The molecule has 0 fully saturated rings. The Morgan fingerprint density at radius 1 is 1.32 bits per heavy atom. The third kappa shape index (κ3) is 3.61. The fourth-order valence-electron chi connectivity index (χ4n) is 3.09. The maximum Gasteiger partial charge on any atom is 0.237 e. The summed E-state index contributed by atoms with van der Waals surface area (Å²) in [5.41, 5.74) is 11.9. The number of nitrogens with two attached hydrogens (primary N) is 1. The molecule has 25 heavy (non-hydrogen) atoms. The van der Waals surface area contributed by atoms with Crippen molar-refractivity contribution in [3.63, 3.8) is 0 Å². The number of benzene rings is 1. The molecule has 1 aromatic carbocycles. The van der Waals surface area contributed by atoms with Gasteiger partial charge in [-0.3, -0.25) is 10.2 Å². The van der Waals surface area contributed by atoms with Crippen LogP contribution in [0.4, 0.5) is 0 Å². The summed E-state index contributed by atoms with van der Waals surface area (Å²) in [6.45, 7) is 2.00. The number of nitrogens with zero attached hydrogens (tertiary/aromatic N) is 3. The quantitative estimate of drug-likeness (QED) is 0.424. The number of guanidine groups is 1. The normalized spacial score (nSPS) is 19.0. The number of halogens is 2. The first-order valence-corrected chi connectivity index (χ1v) is 8.45. The van der Waals surface area contributed by atoms with Gasteiger partial charge in [-0.05, 0) is 48.9 Å². The zero-order valence-corrected chi connectivity index (χ0v) is 15.0. The third-order valence-corrected chi connectivity index (χ3v) is 5.05. The Hall–Kier alpha value is -2.15. The van der Waals surface area contributed by atoms with Gasteiger partial charge in [0.1, 0.15) is 0 Å². The Kier molecular flexibility index (Phi) is 5.22. The van der Waals surface area contributed by atoms with Crippen molar-refractivity contribution in [3.05, 3.63) is 62.9 Å². The van der Waals surface area contributed by atoms with Gasteiger partial charge in [0.05, 0.1) is 21.5 Å². The zero-order chi connectivity index (χ0) is 18.0. The molecule has 0 bridgehead atoms. The van der Waals surface area contributed by atoms with Gasteiger partial charge < -0.3 is 5.73 Å². The van der Waals surface area contributed by atoms with Crippen molar-refractivity contribution >= 4 is 34.9 Å². The number of aromatic nitrogens is 1. The van der Waals surface area contributed by atoms with Crippen molar-refractivity contribution in [1.82, 2.24) is 10.5 Å². The van der Waals surface area contributed by atoms with Crippen molar-refractivity contribution in [1.29, 1.82) is 0 Å². The summed E-state index contributed by atoms with van der Waals surface area (Å²) in [7, 11) is 0. The van der Waals surface area contributed by atoms with Crippen LogP contribution in [0.25, 0.3) is 0 Å². The van der Waals surface area contributed by atoms with Gasteiger partial charge in [0.25, 0.3) is 0 Å². The second-order valence-electron chi connectivity index (χ2n) is 5.84. The van der Waals surface area contributed by atoms with E-state index in [0.29, 0.717) is 16.5 Å². The number of rotatable bonds is 2. The highest BCUT2D eigenvalue weighted by Crippen LogP contribution is 2.38. The average molecular weight is 378 g/mol. The first-order chi connectivity index (χ1) is 12.0. The van der Waals surface area contributed by atoms with Crippen LogP contribution in [0.1, 0.15) is 34.7 Å². The van der Waals surface area contributed by atoms with Gasteiger partial charge in [0.15, 0.2) is 0 Å². The van der Waals surface area contributed by atoms with E-state index in [4.69, 9.17) is 34.1 Å². The van der Waals surface area contributed by atoms with E-state index in [1.807, 2.05) is 25.1 Å². The molecule has 3 rings (SSSR count). The summed E-state index contributed by atoms with van der Waals surface area (Å²) >= 11 is 12.6. The summed E-state index contributed by atoms with van der Waals surface area (Å²) in [4.78, 5) is 4.50. The van der Waals surface area contributed by atoms with Crippen LogP contribution in [0, 0.1) is 6.92 Å². The fourth-order valence-corrected chi connectivity index (χ4v) is 3.55. The lowest BCUT2D eigenvalue weighted by atomic mass is 9.80. The average Bonchev–Trinajstić information content (AvgIpc) is 2.61. The Balaban J connectivity index is 2.08. The molecule has 0 saturated carbocycles. The SMILES string of the molecule is Cc1ccnc2c1/C(=N\N=C(/N)NO)CC(c1cccc(Cl)c1Cl)C2. The van der Waals surface area contributed by atoms with Crippen LogP contribution < -0.4 is 11.2 Å². The maximum absolute atomic E-state index is 8.79. The van der Waals surface area contributed by atoms with Gasteiger partial charge in [-0.15, -0.1) is 5.10 Å². The molecule has 2 aromatic rings. The molecule has 8 heteroatoms. The van der Waals surface area contributed by atoms with Crippen molar-refractivity contribution in [2.24, 2.45) is 15.9 Å². The van der Waals surface area contributed by atoms with E-state index in [1.54, 1.807) is 17.7 Å². The van der Waals surface area contributed by atoms with Crippen LogP contribution in [0.15, 0.2) is 40.7 Å². The molecular weight excluding hydrogens is 361 g/mol. The van der Waals surface area contributed by atoms with Crippen molar-refractivity contribution < 1.29 is 5.21 Å². The molecule has 0 amide bonds. The first-order valence-electron chi connectivity index (χ1n) is 7.70. The minimum absolute atomic E-state index is 0.0743. The summed E-state index contributed by atoms with van der Waals surface area (Å²) in [6, 6.07) is 7.54. The maximum atomic E-state index is 8.79. The molecule has 1 aliphatic carbocycles. The molecule has 1 atom stereocenters. The molecule has 130 valence electrons. The second kappa shape index (κ2) is 7.39. The number of aryl methyl sites for hydroxylation is 1. The Labute approximate surface area is 155 Å². The molecule has 1 unspecified atom stereocenters. The predicted octanol–water partition coefficient (Wildman–Crippen LogP) is 3.42. The van der Waals surface area contributed by atoms with Gasteiger partial charge in [0.2, 0.25) is 5.96 Å². The fraction of sp³-hybridized carbons (Fsp3) is 0.235. The Bertz CT molecular complexity index is 866. The topological polar surface area (TPSA) is 95.9 Å². The summed E-state index contributed by atoms with van der Waals surface area (Å²) in [6.07, 6.45) is 3.12. The molecular formula is C17H17Cl2N5O. The van der Waals surface area contributed by atoms with Crippen molar-refractivity contribution in [3.8, 4) is 0 Å². The monoisotopic (exact) mass is 377 g/mol. The number of hydroxylamine groups is 1. The second-order valence-corrected chi connectivity index (χ2v) is 6.63. The summed E-state index contributed by atoms with van der Waals surface area (Å²) in [5, 5.41) is 17.9. The summed E-state index contributed by atoms with van der Waals surface area (Å²) < 4.78 is 0. The highest BCUT2D eigenvalue weighted by atomic mass is 35.5. The van der Waals surface area contributed by atoms with E-state index in [2.05, 4.69) is 15.2 Å². The Morgan fingerprint density at radius 2 is 2.12 bits per heavy atom. The van der Waals surface area contributed by atoms with E-state index in [0.717, 1.165) is 34.5 Å². The third-order valence-electron chi connectivity index (χ3n) is 4.22. The van der Waals surface area contributed by atoms with Gasteiger partial charge >= 0.3 is 0 Å². The van der Waals surface area contributed by atoms with E-state index < -0.39 is 0 Å². The minimum Gasteiger partial charge on any atom is -0.367 e. The van der Waals surface area contributed by atoms with Gasteiger partial charge in [-0.1, -0.05) is 35.3 Å². The lowest BCUT2D eigenvalue weighted by Gasteiger charge is -2.27. The van der Waals surface area contributed by atoms with Crippen LogP contribution in [0.5, 0.6) is 0 Å². The predicted molar refractivity (Wildman–Crippen MR) is 99.6 cm³/mol. The molecule has 1 heterocycles.